The lowest BCUT2D eigenvalue weighted by atomic mass is 10.1. The van der Waals surface area contributed by atoms with E-state index in [-0.39, 0.29) is 18.3 Å². The zero-order chi connectivity index (χ0) is 13.8. The summed E-state index contributed by atoms with van der Waals surface area (Å²) in [6.45, 7) is 6.98. The SMILES string of the molecule is CCC(C)COCCNC(=O)CO/N=C/C(C)=O. The van der Waals surface area contributed by atoms with Gasteiger partial charge in [-0.25, -0.2) is 0 Å². The van der Waals surface area contributed by atoms with Crippen molar-refractivity contribution in [2.45, 2.75) is 27.2 Å². The zero-order valence-electron chi connectivity index (χ0n) is 11.3. The number of carbonyl (C=O) groups is 2. The van der Waals surface area contributed by atoms with Crippen LogP contribution in [-0.4, -0.2) is 44.3 Å². The summed E-state index contributed by atoms with van der Waals surface area (Å²) in [5.41, 5.74) is 0. The molecule has 0 aliphatic carbocycles. The van der Waals surface area contributed by atoms with E-state index in [0.29, 0.717) is 25.7 Å². The molecule has 0 saturated heterocycles. The van der Waals surface area contributed by atoms with Crippen molar-refractivity contribution >= 4 is 17.9 Å². The highest BCUT2D eigenvalue weighted by atomic mass is 16.6. The van der Waals surface area contributed by atoms with Crippen LogP contribution in [0.15, 0.2) is 5.16 Å². The minimum Gasteiger partial charge on any atom is -0.386 e. The summed E-state index contributed by atoms with van der Waals surface area (Å²) in [4.78, 5) is 26.3. The number of oxime groups is 1. The first-order valence-corrected chi connectivity index (χ1v) is 6.06. The number of hydrogen-bond acceptors (Lipinski definition) is 5. The van der Waals surface area contributed by atoms with E-state index in [1.807, 2.05) is 0 Å². The summed E-state index contributed by atoms with van der Waals surface area (Å²) in [5, 5.41) is 5.94. The Morgan fingerprint density at radius 3 is 2.78 bits per heavy atom. The fourth-order valence-electron chi connectivity index (χ4n) is 0.923. The Morgan fingerprint density at radius 2 is 2.17 bits per heavy atom. The van der Waals surface area contributed by atoms with E-state index in [9.17, 15) is 9.59 Å². The van der Waals surface area contributed by atoms with Gasteiger partial charge in [-0.2, -0.15) is 0 Å². The quantitative estimate of drug-likeness (QED) is 0.356. The molecule has 0 fully saturated rings. The van der Waals surface area contributed by atoms with Gasteiger partial charge in [-0.1, -0.05) is 25.4 Å². The summed E-state index contributed by atoms with van der Waals surface area (Å²) >= 11 is 0. The minimum atomic E-state index is -0.289. The molecule has 6 heteroatoms. The molecule has 0 heterocycles. The van der Waals surface area contributed by atoms with Crippen molar-refractivity contribution in [2.24, 2.45) is 11.1 Å². The molecule has 1 amide bonds. The Bertz CT molecular complexity index is 279. The number of nitrogens with zero attached hydrogens (tertiary/aromatic N) is 1. The van der Waals surface area contributed by atoms with Crippen molar-refractivity contribution < 1.29 is 19.2 Å². The summed E-state index contributed by atoms with van der Waals surface area (Å²) < 4.78 is 5.36. The Morgan fingerprint density at radius 1 is 1.44 bits per heavy atom. The molecule has 1 atom stereocenters. The van der Waals surface area contributed by atoms with Gasteiger partial charge in [-0.05, 0) is 5.92 Å². The fraction of sp³-hybridized carbons (Fsp3) is 0.750. The number of Topliss-reactive ketones (excluding diaryl/α,β-unsaturated/α-hetero) is 1. The maximum Gasteiger partial charge on any atom is 0.260 e. The van der Waals surface area contributed by atoms with E-state index in [0.717, 1.165) is 12.6 Å². The molecule has 0 spiro atoms. The van der Waals surface area contributed by atoms with Crippen LogP contribution in [0, 0.1) is 5.92 Å². The molecule has 0 bridgehead atoms. The highest BCUT2D eigenvalue weighted by Gasteiger charge is 2.01. The molecule has 0 aliphatic heterocycles. The monoisotopic (exact) mass is 258 g/mol. The van der Waals surface area contributed by atoms with Crippen LogP contribution in [0.5, 0.6) is 0 Å². The highest BCUT2D eigenvalue weighted by molar-refractivity contribution is 6.26. The van der Waals surface area contributed by atoms with Gasteiger partial charge in [0, 0.05) is 20.1 Å². The number of ketones is 1. The number of hydrogen-bond donors (Lipinski definition) is 1. The largest absolute Gasteiger partial charge is 0.386 e. The zero-order valence-corrected chi connectivity index (χ0v) is 11.3. The molecule has 18 heavy (non-hydrogen) atoms. The first-order valence-electron chi connectivity index (χ1n) is 6.06. The lowest BCUT2D eigenvalue weighted by molar-refractivity contribution is -0.126. The summed E-state index contributed by atoms with van der Waals surface area (Å²) in [7, 11) is 0. The van der Waals surface area contributed by atoms with Crippen LogP contribution in [0.4, 0.5) is 0 Å². The first kappa shape index (κ1) is 16.6. The topological polar surface area (TPSA) is 77.0 Å². The van der Waals surface area contributed by atoms with Gasteiger partial charge in [0.15, 0.2) is 12.4 Å². The molecule has 1 N–H and O–H groups in total. The number of ether oxygens (including phenoxy) is 1. The minimum absolute atomic E-state index is 0.199. The van der Waals surface area contributed by atoms with Crippen molar-refractivity contribution in [3.05, 3.63) is 0 Å². The molecule has 1 unspecified atom stereocenters. The highest BCUT2D eigenvalue weighted by Crippen LogP contribution is 1.99. The van der Waals surface area contributed by atoms with Crippen LogP contribution in [0.2, 0.25) is 0 Å². The van der Waals surface area contributed by atoms with Crippen molar-refractivity contribution in [1.82, 2.24) is 5.32 Å². The molecule has 0 aromatic carbocycles. The van der Waals surface area contributed by atoms with Crippen molar-refractivity contribution in [3.63, 3.8) is 0 Å². The van der Waals surface area contributed by atoms with Crippen LogP contribution >= 0.6 is 0 Å². The van der Waals surface area contributed by atoms with Gasteiger partial charge in [0.2, 0.25) is 0 Å². The second kappa shape index (κ2) is 10.7. The molecule has 0 rings (SSSR count). The molecular formula is C12H22N2O4. The fourth-order valence-corrected chi connectivity index (χ4v) is 0.923. The van der Waals surface area contributed by atoms with Crippen molar-refractivity contribution in [3.8, 4) is 0 Å². The van der Waals surface area contributed by atoms with Crippen LogP contribution < -0.4 is 5.32 Å². The lowest BCUT2D eigenvalue weighted by Crippen LogP contribution is -2.30. The van der Waals surface area contributed by atoms with Crippen LogP contribution in [-0.2, 0) is 19.2 Å². The predicted molar refractivity (Wildman–Crippen MR) is 68.4 cm³/mol. The van der Waals surface area contributed by atoms with E-state index in [2.05, 4.69) is 29.2 Å². The van der Waals surface area contributed by atoms with Crippen LogP contribution in [0.3, 0.4) is 0 Å². The van der Waals surface area contributed by atoms with Crippen molar-refractivity contribution in [1.29, 1.82) is 0 Å². The Kier molecular flexibility index (Phi) is 9.86. The standard InChI is InChI=1S/C12H22N2O4/c1-4-10(2)8-17-6-5-13-12(16)9-18-14-7-11(3)15/h7,10H,4-6,8-9H2,1-3H3,(H,13,16)/b14-7+. The molecule has 0 aliphatic rings. The van der Waals surface area contributed by atoms with Gasteiger partial charge in [0.05, 0.1) is 6.61 Å². The van der Waals surface area contributed by atoms with E-state index in [1.54, 1.807) is 0 Å². The number of carbonyl (C=O) groups excluding carboxylic acids is 2. The summed E-state index contributed by atoms with van der Waals surface area (Å²) in [6, 6.07) is 0. The second-order valence-electron chi connectivity index (χ2n) is 4.06. The van der Waals surface area contributed by atoms with E-state index in [4.69, 9.17) is 4.74 Å². The number of nitrogens with one attached hydrogen (secondary N) is 1. The third-order valence-electron chi connectivity index (χ3n) is 2.17. The summed E-state index contributed by atoms with van der Waals surface area (Å²) in [5.74, 6) is 0.0154. The third-order valence-corrected chi connectivity index (χ3v) is 2.17. The average molecular weight is 258 g/mol. The van der Waals surface area contributed by atoms with Crippen LogP contribution in [0.1, 0.15) is 27.2 Å². The normalized spacial score (nSPS) is 12.4. The predicted octanol–water partition coefficient (Wildman–Crippen LogP) is 0.757. The van der Waals surface area contributed by atoms with Gasteiger partial charge in [-0.3, -0.25) is 9.59 Å². The molecular weight excluding hydrogens is 236 g/mol. The maximum atomic E-state index is 11.2. The number of rotatable bonds is 10. The van der Waals surface area contributed by atoms with Gasteiger partial charge in [0.1, 0.15) is 6.21 Å². The van der Waals surface area contributed by atoms with Crippen molar-refractivity contribution in [2.75, 3.05) is 26.4 Å². The molecule has 0 radical (unpaired) electrons. The third kappa shape index (κ3) is 11.1. The first-order chi connectivity index (χ1) is 8.56. The van der Waals surface area contributed by atoms with E-state index >= 15 is 0 Å². The average Bonchev–Trinajstić information content (AvgIpc) is 2.33. The smallest absolute Gasteiger partial charge is 0.260 e. The molecule has 0 saturated carbocycles. The molecule has 6 nitrogen and oxygen atoms in total. The Balaban J connectivity index is 3.40. The Hall–Kier alpha value is -1.43. The number of amides is 1. The Labute approximate surface area is 108 Å². The van der Waals surface area contributed by atoms with Gasteiger partial charge < -0.3 is 14.9 Å². The van der Waals surface area contributed by atoms with Crippen LogP contribution in [0.25, 0.3) is 0 Å². The van der Waals surface area contributed by atoms with Gasteiger partial charge in [-0.15, -0.1) is 0 Å². The second-order valence-corrected chi connectivity index (χ2v) is 4.06. The van der Waals surface area contributed by atoms with E-state index in [1.165, 1.54) is 6.92 Å². The maximum absolute atomic E-state index is 11.2. The lowest BCUT2D eigenvalue weighted by Gasteiger charge is -2.09. The molecule has 0 aromatic rings. The van der Waals surface area contributed by atoms with Gasteiger partial charge in [0.25, 0.3) is 5.91 Å². The molecule has 104 valence electrons. The molecule has 0 aromatic heterocycles. The van der Waals surface area contributed by atoms with Gasteiger partial charge >= 0.3 is 0 Å². The summed E-state index contributed by atoms with van der Waals surface area (Å²) in [6.07, 6.45) is 2.09. The van der Waals surface area contributed by atoms with E-state index < -0.39 is 0 Å².